The van der Waals surface area contributed by atoms with Gasteiger partial charge in [-0.25, -0.2) is 0 Å². The summed E-state index contributed by atoms with van der Waals surface area (Å²) < 4.78 is 0. The normalized spacial score (nSPS) is 15.4. The number of aromatic nitrogens is 3. The van der Waals surface area contributed by atoms with Gasteiger partial charge in [-0.2, -0.15) is 15.4 Å². The summed E-state index contributed by atoms with van der Waals surface area (Å²) in [5, 5.41) is 10.1. The van der Waals surface area contributed by atoms with Crippen molar-refractivity contribution < 1.29 is 9.59 Å². The average Bonchev–Trinajstić information content (AvgIpc) is 2.93. The molecule has 1 fully saturated rings. The predicted octanol–water partition coefficient (Wildman–Crippen LogP) is 0.602. The molecule has 1 aromatic carbocycles. The highest BCUT2D eigenvalue weighted by Gasteiger charge is 2.30. The Balaban J connectivity index is 1.73. The largest absolute Gasteiger partial charge is 0.326 e. The van der Waals surface area contributed by atoms with E-state index in [9.17, 15) is 9.59 Å². The fraction of sp³-hybridized carbons (Fsp3) is 0.286. The van der Waals surface area contributed by atoms with E-state index in [-0.39, 0.29) is 24.1 Å². The summed E-state index contributed by atoms with van der Waals surface area (Å²) >= 11 is 0. The zero-order valence-electron chi connectivity index (χ0n) is 11.6. The number of anilines is 1. The molecule has 0 radical (unpaired) electrons. The molecular weight excluding hydrogens is 270 g/mol. The average molecular weight is 285 g/mol. The fourth-order valence-electron chi connectivity index (χ4n) is 2.36. The molecule has 0 spiro atoms. The summed E-state index contributed by atoms with van der Waals surface area (Å²) in [7, 11) is 0. The molecule has 1 N–H and O–H groups in total. The molecule has 1 aliphatic heterocycles. The molecule has 21 heavy (non-hydrogen) atoms. The van der Waals surface area contributed by atoms with Crippen LogP contribution in [0.1, 0.15) is 16.2 Å². The number of hydrogen-bond donors (Lipinski definition) is 1. The van der Waals surface area contributed by atoms with Crippen molar-refractivity contribution >= 4 is 17.5 Å². The van der Waals surface area contributed by atoms with E-state index >= 15 is 0 Å². The van der Waals surface area contributed by atoms with Gasteiger partial charge in [0.25, 0.3) is 5.91 Å². The fourth-order valence-corrected chi connectivity index (χ4v) is 2.36. The number of amides is 2. The predicted molar refractivity (Wildman–Crippen MR) is 75.8 cm³/mol. The highest BCUT2D eigenvalue weighted by Crippen LogP contribution is 2.17. The Morgan fingerprint density at radius 2 is 1.95 bits per heavy atom. The Morgan fingerprint density at radius 3 is 2.57 bits per heavy atom. The number of aromatic amines is 1. The van der Waals surface area contributed by atoms with Crippen LogP contribution in [0.4, 0.5) is 5.69 Å². The van der Waals surface area contributed by atoms with E-state index in [1.165, 1.54) is 4.90 Å². The lowest BCUT2D eigenvalue weighted by molar-refractivity contribution is -0.120. The van der Waals surface area contributed by atoms with Crippen LogP contribution in [0.2, 0.25) is 0 Å². The molecule has 0 atom stereocenters. The first-order chi connectivity index (χ1) is 10.2. The maximum absolute atomic E-state index is 12.3. The summed E-state index contributed by atoms with van der Waals surface area (Å²) in [5.41, 5.74) is 1.67. The van der Waals surface area contributed by atoms with Crippen molar-refractivity contribution in [2.45, 2.75) is 6.92 Å². The van der Waals surface area contributed by atoms with Crippen molar-refractivity contribution in [2.24, 2.45) is 0 Å². The minimum absolute atomic E-state index is 0.0556. The molecule has 1 aliphatic rings. The SMILES string of the molecule is Cc1n[nH]nc1C(=O)N1CCN(c2ccccc2)C(=O)C1. The summed E-state index contributed by atoms with van der Waals surface area (Å²) in [6, 6.07) is 9.45. The Morgan fingerprint density at radius 1 is 1.19 bits per heavy atom. The van der Waals surface area contributed by atoms with Crippen LogP contribution in [0.3, 0.4) is 0 Å². The third kappa shape index (κ3) is 2.49. The number of para-hydroxylation sites is 1. The zero-order valence-corrected chi connectivity index (χ0v) is 11.6. The van der Waals surface area contributed by atoms with E-state index < -0.39 is 0 Å². The van der Waals surface area contributed by atoms with Crippen LogP contribution in [0, 0.1) is 6.92 Å². The Hall–Kier alpha value is -2.70. The Bertz CT molecular complexity index is 667. The number of nitrogens with one attached hydrogen (secondary N) is 1. The molecule has 7 nitrogen and oxygen atoms in total. The number of aryl methyl sites for hydroxylation is 1. The maximum atomic E-state index is 12.3. The second-order valence-electron chi connectivity index (χ2n) is 4.87. The number of carbonyl (C=O) groups excluding carboxylic acids is 2. The summed E-state index contributed by atoms with van der Waals surface area (Å²) in [6.07, 6.45) is 0. The van der Waals surface area contributed by atoms with Gasteiger partial charge in [-0.1, -0.05) is 18.2 Å². The summed E-state index contributed by atoms with van der Waals surface area (Å²) in [6.45, 7) is 2.72. The molecule has 1 aromatic heterocycles. The molecule has 0 aliphatic carbocycles. The van der Waals surface area contributed by atoms with Gasteiger partial charge in [0.1, 0.15) is 6.54 Å². The third-order valence-electron chi connectivity index (χ3n) is 3.50. The minimum atomic E-state index is -0.262. The molecular formula is C14H15N5O2. The number of benzene rings is 1. The van der Waals surface area contributed by atoms with Gasteiger partial charge in [-0.3, -0.25) is 9.59 Å². The zero-order chi connectivity index (χ0) is 14.8. The van der Waals surface area contributed by atoms with Gasteiger partial charge in [-0.05, 0) is 19.1 Å². The van der Waals surface area contributed by atoms with Crippen molar-refractivity contribution in [2.75, 3.05) is 24.5 Å². The quantitative estimate of drug-likeness (QED) is 0.876. The maximum Gasteiger partial charge on any atom is 0.276 e. The molecule has 1 saturated heterocycles. The lowest BCUT2D eigenvalue weighted by Crippen LogP contribution is -2.52. The van der Waals surface area contributed by atoms with E-state index in [4.69, 9.17) is 0 Å². The second kappa shape index (κ2) is 5.35. The lowest BCUT2D eigenvalue weighted by atomic mass is 10.2. The molecule has 7 heteroatoms. The molecule has 2 amide bonds. The molecule has 0 unspecified atom stereocenters. The summed E-state index contributed by atoms with van der Waals surface area (Å²) in [4.78, 5) is 27.8. The van der Waals surface area contributed by atoms with Gasteiger partial charge in [0.2, 0.25) is 5.91 Å². The van der Waals surface area contributed by atoms with Crippen LogP contribution < -0.4 is 4.90 Å². The van der Waals surface area contributed by atoms with Gasteiger partial charge >= 0.3 is 0 Å². The molecule has 3 rings (SSSR count). The third-order valence-corrected chi connectivity index (χ3v) is 3.50. The molecule has 0 bridgehead atoms. The van der Waals surface area contributed by atoms with Gasteiger partial charge in [0, 0.05) is 18.8 Å². The number of rotatable bonds is 2. The number of carbonyl (C=O) groups is 2. The Kier molecular flexibility index (Phi) is 3.39. The van der Waals surface area contributed by atoms with Crippen LogP contribution in [0.25, 0.3) is 0 Å². The molecule has 0 saturated carbocycles. The van der Waals surface area contributed by atoms with Crippen molar-refractivity contribution in [1.29, 1.82) is 0 Å². The molecule has 108 valence electrons. The molecule has 2 aromatic rings. The summed E-state index contributed by atoms with van der Waals surface area (Å²) in [5.74, 6) is -0.357. The topological polar surface area (TPSA) is 82.2 Å². The van der Waals surface area contributed by atoms with Crippen LogP contribution in [0.15, 0.2) is 30.3 Å². The number of piperazine rings is 1. The second-order valence-corrected chi connectivity index (χ2v) is 4.87. The monoisotopic (exact) mass is 285 g/mol. The standard InChI is InChI=1S/C14H15N5O2/c1-10-13(16-17-15-10)14(21)18-7-8-19(12(20)9-18)11-5-3-2-4-6-11/h2-6H,7-9H2,1H3,(H,15,16,17). The van der Waals surface area contributed by atoms with Crippen LogP contribution in [0.5, 0.6) is 0 Å². The van der Waals surface area contributed by atoms with Crippen molar-refractivity contribution in [3.63, 3.8) is 0 Å². The Labute approximate surface area is 121 Å². The highest BCUT2D eigenvalue weighted by atomic mass is 16.2. The number of hydrogen-bond acceptors (Lipinski definition) is 4. The number of H-pyrrole nitrogens is 1. The lowest BCUT2D eigenvalue weighted by Gasteiger charge is -2.34. The first kappa shape index (κ1) is 13.3. The highest BCUT2D eigenvalue weighted by molar-refractivity contribution is 6.01. The van der Waals surface area contributed by atoms with Crippen molar-refractivity contribution in [1.82, 2.24) is 20.3 Å². The smallest absolute Gasteiger partial charge is 0.276 e. The van der Waals surface area contributed by atoms with Crippen LogP contribution >= 0.6 is 0 Å². The minimum Gasteiger partial charge on any atom is -0.326 e. The van der Waals surface area contributed by atoms with Gasteiger partial charge in [0.15, 0.2) is 5.69 Å². The van der Waals surface area contributed by atoms with E-state index in [1.54, 1.807) is 11.8 Å². The van der Waals surface area contributed by atoms with Gasteiger partial charge in [-0.15, -0.1) is 0 Å². The van der Waals surface area contributed by atoms with Crippen LogP contribution in [-0.4, -0.2) is 51.8 Å². The van der Waals surface area contributed by atoms with Crippen molar-refractivity contribution in [3.05, 3.63) is 41.7 Å². The molecule has 2 heterocycles. The first-order valence-electron chi connectivity index (χ1n) is 6.69. The van der Waals surface area contributed by atoms with E-state index in [2.05, 4.69) is 15.4 Å². The van der Waals surface area contributed by atoms with Gasteiger partial charge < -0.3 is 9.80 Å². The van der Waals surface area contributed by atoms with E-state index in [0.29, 0.717) is 18.8 Å². The number of nitrogens with zero attached hydrogens (tertiary/aromatic N) is 4. The first-order valence-corrected chi connectivity index (χ1v) is 6.69. The van der Waals surface area contributed by atoms with E-state index in [0.717, 1.165) is 5.69 Å². The van der Waals surface area contributed by atoms with E-state index in [1.807, 2.05) is 30.3 Å². The van der Waals surface area contributed by atoms with Crippen molar-refractivity contribution in [3.8, 4) is 0 Å². The van der Waals surface area contributed by atoms with Crippen LogP contribution in [-0.2, 0) is 4.79 Å². The van der Waals surface area contributed by atoms with Gasteiger partial charge in [0.05, 0.1) is 5.69 Å².